The second-order valence-electron chi connectivity index (χ2n) is 3.68. The number of rotatable bonds is 0. The first kappa shape index (κ1) is 5.36. The Labute approximate surface area is 48.7 Å². The van der Waals surface area contributed by atoms with Gasteiger partial charge in [0.2, 0.25) is 0 Å². The summed E-state index contributed by atoms with van der Waals surface area (Å²) in [6.07, 6.45) is 3.00. The average Bonchev–Trinajstić information content (AvgIpc) is 1.27. The van der Waals surface area contributed by atoms with Crippen molar-refractivity contribution in [1.29, 1.82) is 0 Å². The molecule has 1 saturated carbocycles. The second-order valence-corrected chi connectivity index (χ2v) is 6.09. The average molecular weight is 114 g/mol. The molecular formula is C6H14Si. The van der Waals surface area contributed by atoms with Gasteiger partial charge in [0.1, 0.15) is 0 Å². The van der Waals surface area contributed by atoms with E-state index in [4.69, 9.17) is 0 Å². The molecule has 1 aliphatic carbocycles. The van der Waals surface area contributed by atoms with Gasteiger partial charge in [0.05, 0.1) is 0 Å². The third kappa shape index (κ3) is 1.06. The van der Waals surface area contributed by atoms with Gasteiger partial charge in [-0.2, -0.15) is 0 Å². The van der Waals surface area contributed by atoms with Gasteiger partial charge in [-0.15, -0.1) is 0 Å². The lowest BCUT2D eigenvalue weighted by atomic mass is 9.76. The summed E-state index contributed by atoms with van der Waals surface area (Å²) < 4.78 is 0. The molecule has 1 heteroatoms. The van der Waals surface area contributed by atoms with Crippen molar-refractivity contribution in [2.24, 2.45) is 5.92 Å². The van der Waals surface area contributed by atoms with E-state index in [0.717, 1.165) is 11.0 Å². The molecule has 0 radical (unpaired) electrons. The quantitative estimate of drug-likeness (QED) is 0.411. The van der Waals surface area contributed by atoms with Crippen LogP contribution in [0.5, 0.6) is 0 Å². The minimum absolute atomic E-state index is 0.833. The zero-order valence-electron chi connectivity index (χ0n) is 5.49. The van der Waals surface area contributed by atoms with Gasteiger partial charge < -0.3 is 0 Å². The molecule has 0 unspecified atom stereocenters. The Morgan fingerprint density at radius 1 is 1.57 bits per heavy atom. The first-order valence-corrected chi connectivity index (χ1v) is 4.10. The lowest BCUT2D eigenvalue weighted by Gasteiger charge is -2.40. The van der Waals surface area contributed by atoms with Gasteiger partial charge in [-0.25, -0.2) is 0 Å². The van der Waals surface area contributed by atoms with Crippen molar-refractivity contribution >= 4 is 10.2 Å². The standard InChI is InChI=1S/C6H14Si/c1-5-3-6(2,7)4-5/h5H,3-4H2,1-2,7H3. The van der Waals surface area contributed by atoms with Crippen molar-refractivity contribution in [2.75, 3.05) is 0 Å². The van der Waals surface area contributed by atoms with Crippen LogP contribution in [0.15, 0.2) is 0 Å². The monoisotopic (exact) mass is 114 g/mol. The smallest absolute Gasteiger partial charge is 0.0103 e. The molecule has 42 valence electrons. The maximum Gasteiger partial charge on any atom is 0.0103 e. The van der Waals surface area contributed by atoms with Crippen LogP contribution in [0.4, 0.5) is 0 Å². The van der Waals surface area contributed by atoms with Gasteiger partial charge in [-0.05, 0) is 23.8 Å². The van der Waals surface area contributed by atoms with Crippen molar-refractivity contribution in [3.8, 4) is 0 Å². The van der Waals surface area contributed by atoms with E-state index in [1.807, 2.05) is 0 Å². The van der Waals surface area contributed by atoms with Crippen LogP contribution in [0.2, 0.25) is 5.04 Å². The predicted molar refractivity (Wildman–Crippen MR) is 36.7 cm³/mol. The molecule has 0 heterocycles. The molecule has 0 nitrogen and oxygen atoms in total. The second kappa shape index (κ2) is 1.34. The largest absolute Gasteiger partial charge is 0.0629 e. The third-order valence-electron chi connectivity index (χ3n) is 1.80. The Morgan fingerprint density at radius 3 is 2.00 bits per heavy atom. The zero-order valence-corrected chi connectivity index (χ0v) is 7.49. The van der Waals surface area contributed by atoms with Gasteiger partial charge in [0, 0.05) is 10.2 Å². The Hall–Kier alpha value is 0.217. The highest BCUT2D eigenvalue weighted by Crippen LogP contribution is 2.48. The van der Waals surface area contributed by atoms with E-state index < -0.39 is 0 Å². The van der Waals surface area contributed by atoms with E-state index >= 15 is 0 Å². The Kier molecular flexibility index (Phi) is 1.03. The minimum Gasteiger partial charge on any atom is -0.0629 e. The maximum absolute atomic E-state index is 2.40. The van der Waals surface area contributed by atoms with Crippen molar-refractivity contribution in [1.82, 2.24) is 0 Å². The van der Waals surface area contributed by atoms with Crippen LogP contribution in [0.3, 0.4) is 0 Å². The van der Waals surface area contributed by atoms with Gasteiger partial charge in [0.15, 0.2) is 0 Å². The molecule has 0 aromatic carbocycles. The van der Waals surface area contributed by atoms with E-state index in [9.17, 15) is 0 Å². The van der Waals surface area contributed by atoms with Crippen LogP contribution in [-0.2, 0) is 0 Å². The molecule has 0 bridgehead atoms. The summed E-state index contributed by atoms with van der Waals surface area (Å²) in [5.74, 6) is 1.04. The SMILES string of the molecule is CC1CC(C)([SiH3])C1. The zero-order chi connectivity index (χ0) is 5.49. The van der Waals surface area contributed by atoms with E-state index in [2.05, 4.69) is 13.8 Å². The summed E-state index contributed by atoms with van der Waals surface area (Å²) in [6, 6.07) is 0. The first-order valence-electron chi connectivity index (χ1n) is 3.10. The van der Waals surface area contributed by atoms with E-state index in [-0.39, 0.29) is 0 Å². The molecule has 0 saturated heterocycles. The Balaban J connectivity index is 2.29. The molecule has 1 rings (SSSR count). The molecule has 1 fully saturated rings. The van der Waals surface area contributed by atoms with E-state index in [0.29, 0.717) is 0 Å². The maximum atomic E-state index is 2.40. The summed E-state index contributed by atoms with van der Waals surface area (Å²) in [6.45, 7) is 4.75. The van der Waals surface area contributed by atoms with Gasteiger partial charge in [-0.3, -0.25) is 0 Å². The molecule has 0 N–H and O–H groups in total. The van der Waals surface area contributed by atoms with Crippen molar-refractivity contribution in [3.63, 3.8) is 0 Å². The third-order valence-corrected chi connectivity index (χ3v) is 2.62. The fraction of sp³-hybridized carbons (Fsp3) is 1.00. The molecule has 7 heavy (non-hydrogen) atoms. The topological polar surface area (TPSA) is 0 Å². The highest BCUT2D eigenvalue weighted by Gasteiger charge is 2.32. The lowest BCUT2D eigenvalue weighted by molar-refractivity contribution is 0.252. The summed E-state index contributed by atoms with van der Waals surface area (Å²) in [5.41, 5.74) is 0. The summed E-state index contributed by atoms with van der Waals surface area (Å²) in [4.78, 5) is 0. The van der Waals surface area contributed by atoms with Crippen LogP contribution in [0.1, 0.15) is 26.7 Å². The Morgan fingerprint density at radius 2 is 2.00 bits per heavy atom. The van der Waals surface area contributed by atoms with Crippen LogP contribution in [-0.4, -0.2) is 10.2 Å². The molecular weight excluding hydrogens is 100 g/mol. The van der Waals surface area contributed by atoms with Crippen LogP contribution in [0.25, 0.3) is 0 Å². The van der Waals surface area contributed by atoms with Crippen LogP contribution < -0.4 is 0 Å². The van der Waals surface area contributed by atoms with Crippen molar-refractivity contribution < 1.29 is 0 Å². The molecule has 0 aliphatic heterocycles. The van der Waals surface area contributed by atoms with Crippen LogP contribution in [0, 0.1) is 5.92 Å². The molecule has 0 atom stereocenters. The van der Waals surface area contributed by atoms with Gasteiger partial charge >= 0.3 is 0 Å². The fourth-order valence-corrected chi connectivity index (χ4v) is 3.22. The molecule has 0 aromatic rings. The molecule has 0 spiro atoms. The van der Waals surface area contributed by atoms with Gasteiger partial charge in [0.25, 0.3) is 0 Å². The first-order chi connectivity index (χ1) is 3.10. The summed E-state index contributed by atoms with van der Waals surface area (Å²) in [5, 5.41) is 0.833. The Bertz CT molecular complexity index is 68.2. The number of hydrogen-bond donors (Lipinski definition) is 0. The highest BCUT2D eigenvalue weighted by atomic mass is 28.1. The van der Waals surface area contributed by atoms with Crippen molar-refractivity contribution in [3.05, 3.63) is 0 Å². The van der Waals surface area contributed by atoms with Crippen molar-refractivity contribution in [2.45, 2.75) is 31.7 Å². The molecule has 1 aliphatic rings. The van der Waals surface area contributed by atoms with Gasteiger partial charge in [-0.1, -0.05) is 13.8 Å². The lowest BCUT2D eigenvalue weighted by Crippen LogP contribution is -2.26. The van der Waals surface area contributed by atoms with Crippen LogP contribution >= 0.6 is 0 Å². The molecule has 0 amide bonds. The predicted octanol–water partition coefficient (Wildman–Crippen LogP) is 0.960. The van der Waals surface area contributed by atoms with E-state index in [1.54, 1.807) is 0 Å². The summed E-state index contributed by atoms with van der Waals surface area (Å²) in [7, 11) is 1.40. The number of hydrogen-bond acceptors (Lipinski definition) is 0. The minimum atomic E-state index is 0.833. The highest BCUT2D eigenvalue weighted by molar-refractivity contribution is 6.15. The fourth-order valence-electron chi connectivity index (χ4n) is 1.83. The summed E-state index contributed by atoms with van der Waals surface area (Å²) >= 11 is 0. The normalized spacial score (nSPS) is 51.4. The molecule has 0 aromatic heterocycles. The van der Waals surface area contributed by atoms with E-state index in [1.165, 1.54) is 23.1 Å².